The highest BCUT2D eigenvalue weighted by Gasteiger charge is 2.36. The first-order chi connectivity index (χ1) is 50.1. The van der Waals surface area contributed by atoms with Crippen molar-refractivity contribution in [2.45, 2.75) is 187 Å². The van der Waals surface area contributed by atoms with Crippen LogP contribution in [0.25, 0.3) is 0 Å². The number of aromatic nitrogens is 3. The van der Waals surface area contributed by atoms with Crippen molar-refractivity contribution in [2.24, 2.45) is 32.7 Å². The molecular formula is C75H81F6N9O12S3. The van der Waals surface area contributed by atoms with Crippen LogP contribution in [0.4, 0.5) is 77.5 Å². The van der Waals surface area contributed by atoms with Gasteiger partial charge in [-0.2, -0.15) is 0 Å². The van der Waals surface area contributed by atoms with Gasteiger partial charge in [0.2, 0.25) is 0 Å². The van der Waals surface area contributed by atoms with Crippen molar-refractivity contribution in [1.29, 1.82) is 0 Å². The fraction of sp³-hybridized carbons (Fsp3) is 0.480. The molecule has 0 spiro atoms. The molecule has 3 aliphatic carbocycles. The van der Waals surface area contributed by atoms with E-state index in [0.717, 1.165) is 132 Å². The Kier molecular flexibility index (Phi) is 22.4. The minimum atomic E-state index is -3.63. The van der Waals surface area contributed by atoms with Crippen LogP contribution in [0.15, 0.2) is 102 Å². The topological polar surface area (TPSA) is 293 Å². The van der Waals surface area contributed by atoms with Crippen molar-refractivity contribution in [3.05, 3.63) is 124 Å². The summed E-state index contributed by atoms with van der Waals surface area (Å²) in [5, 5.41) is 9.31. The van der Waals surface area contributed by atoms with Crippen LogP contribution in [-0.4, -0.2) is 133 Å². The molecule has 0 bridgehead atoms. The molecule has 1 unspecified atom stereocenters. The highest BCUT2D eigenvalue weighted by atomic mass is 32.2. The Bertz CT molecular complexity index is 4380. The molecule has 3 aromatic carbocycles. The maximum absolute atomic E-state index is 13.4. The lowest BCUT2D eigenvalue weighted by Crippen LogP contribution is -2.13. The van der Waals surface area contributed by atoms with E-state index in [-0.39, 0.29) is 141 Å². The summed E-state index contributed by atoms with van der Waals surface area (Å²) in [4.78, 5) is 63.0. The summed E-state index contributed by atoms with van der Waals surface area (Å²) < 4.78 is 174. The number of Topliss-reactive ketones (excluding diaryl/α,β-unsaturated/α-hetero) is 3. The van der Waals surface area contributed by atoms with Crippen LogP contribution < -0.4 is 16.0 Å². The second kappa shape index (κ2) is 31.3. The number of carbonyl (C=O) groups is 3. The number of sulfone groups is 3. The number of rotatable bonds is 24. The molecular weight excluding hydrogens is 1430 g/mol. The first-order valence-electron chi connectivity index (χ1n) is 35.5. The fourth-order valence-corrected chi connectivity index (χ4v) is 16.4. The zero-order valence-electron chi connectivity index (χ0n) is 58.2. The number of nitrogens with zero attached hydrogens (tertiary/aromatic N) is 6. The van der Waals surface area contributed by atoms with Crippen LogP contribution in [0.2, 0.25) is 0 Å². The third kappa shape index (κ3) is 18.5. The third-order valence-corrected chi connectivity index (χ3v) is 23.2. The standard InChI is InChI=1S/3C25H27F2N3O4S/c3*1-35(32,33)23-10-15(22-4-2-3-9-34-22)7-8-17(23)29-18-11-16(12-21(31)14-5-6-14)28-19-13-20(25(26)27)30-24(18)19/h3*7-8,10-11,14,22,25H,2-6,9,12-13H2,1H3,(H,28,29)/t2*22-;/m10./s1. The molecule has 30 heteroatoms. The van der Waals surface area contributed by atoms with Crippen molar-refractivity contribution in [3.63, 3.8) is 0 Å². The van der Waals surface area contributed by atoms with Gasteiger partial charge in [-0.15, -0.1) is 0 Å². The number of ether oxygens (including phenoxy) is 3. The number of fused-ring (bicyclic) bond motifs is 3. The summed E-state index contributed by atoms with van der Waals surface area (Å²) in [7, 11) is -10.9. The van der Waals surface area contributed by atoms with Crippen molar-refractivity contribution in [2.75, 3.05) is 54.5 Å². The van der Waals surface area contributed by atoms with Crippen molar-refractivity contribution < 1.29 is 80.2 Å². The molecule has 21 nitrogen and oxygen atoms in total. The zero-order valence-corrected chi connectivity index (χ0v) is 60.6. The van der Waals surface area contributed by atoms with E-state index in [1.807, 2.05) is 18.2 Å². The molecule has 9 heterocycles. The molecule has 105 heavy (non-hydrogen) atoms. The van der Waals surface area contributed by atoms with Crippen LogP contribution >= 0.6 is 0 Å². The summed E-state index contributed by atoms with van der Waals surface area (Å²) in [6.45, 7) is 1.90. The molecule has 3 saturated heterocycles. The third-order valence-electron chi connectivity index (χ3n) is 19.8. The fourth-order valence-electron chi connectivity index (χ4n) is 13.8. The van der Waals surface area contributed by atoms with E-state index in [1.165, 1.54) is 0 Å². The number of anilines is 6. The number of nitrogens with one attached hydrogen (secondary N) is 3. The molecule has 0 amide bonds. The molecule has 3 N–H and O–H groups in total. The number of carbonyl (C=O) groups excluding carboxylic acids is 3. The van der Waals surface area contributed by atoms with Gasteiger partial charge >= 0.3 is 0 Å². The van der Waals surface area contributed by atoms with E-state index < -0.39 is 48.8 Å². The highest BCUT2D eigenvalue weighted by molar-refractivity contribution is 7.91. The number of pyridine rings is 3. The van der Waals surface area contributed by atoms with E-state index in [1.54, 1.807) is 54.6 Å². The molecule has 3 atom stereocenters. The van der Waals surface area contributed by atoms with Crippen LogP contribution in [0, 0.1) is 17.8 Å². The van der Waals surface area contributed by atoms with Crippen LogP contribution in [-0.2, 0) is 96.6 Å². The normalized spacial score (nSPS) is 20.0. The van der Waals surface area contributed by atoms with E-state index in [9.17, 15) is 66.0 Å². The van der Waals surface area contributed by atoms with Gasteiger partial charge in [0.25, 0.3) is 19.3 Å². The number of aliphatic imine (C=N–C) groups is 3. The summed E-state index contributed by atoms with van der Waals surface area (Å²) in [5.74, 6) is 0.349. The Morgan fingerprint density at radius 1 is 0.390 bits per heavy atom. The predicted octanol–water partition coefficient (Wildman–Crippen LogP) is 14.7. The number of alkyl halides is 6. The van der Waals surface area contributed by atoms with Crippen LogP contribution in [0.1, 0.15) is 165 Å². The van der Waals surface area contributed by atoms with E-state index in [2.05, 4.69) is 45.9 Å². The van der Waals surface area contributed by atoms with Gasteiger partial charge in [0.05, 0.1) is 118 Å². The number of hydrogen-bond donors (Lipinski definition) is 3. The molecule has 3 aromatic heterocycles. The summed E-state index contributed by atoms with van der Waals surface area (Å²) in [6, 6.07) is 20.1. The SMILES string of the molecule is CS(=O)(=O)c1cc(C2CCCCO2)ccc1Nc1cc(CC(=O)C2CC2)nc2c1N=C(C(F)F)C2.CS(=O)(=O)c1cc([C@@H]2CCCCO2)ccc1Nc1cc(CC(=O)C2CC2)nc2c1N=C(C(F)F)C2.CS(=O)(=O)c1cc([C@H]2CCCCO2)ccc1Nc1cc(CC(=O)C2CC2)nc2c1N=C(C(F)F)C2. The molecule has 6 fully saturated rings. The quantitative estimate of drug-likeness (QED) is 0.0474. The molecule has 15 rings (SSSR count). The van der Waals surface area contributed by atoms with Gasteiger partial charge in [-0.05, 0) is 168 Å². The molecule has 3 saturated carbocycles. The van der Waals surface area contributed by atoms with E-state index in [0.29, 0.717) is 88.1 Å². The average Bonchev–Trinajstić information content (AvgIpc) is 1.16. The monoisotopic (exact) mass is 1510 g/mol. The Labute approximate surface area is 605 Å². The lowest BCUT2D eigenvalue weighted by molar-refractivity contribution is -0.120. The predicted molar refractivity (Wildman–Crippen MR) is 384 cm³/mol. The highest BCUT2D eigenvalue weighted by Crippen LogP contribution is 2.45. The van der Waals surface area contributed by atoms with Gasteiger partial charge in [-0.1, -0.05) is 18.2 Å². The van der Waals surface area contributed by atoms with Crippen molar-refractivity contribution in [1.82, 2.24) is 15.0 Å². The van der Waals surface area contributed by atoms with Crippen molar-refractivity contribution in [3.8, 4) is 0 Å². The molecule has 6 aromatic rings. The lowest BCUT2D eigenvalue weighted by Gasteiger charge is -2.24. The van der Waals surface area contributed by atoms with E-state index in [4.69, 9.17) is 14.2 Å². The molecule has 558 valence electrons. The summed E-state index contributed by atoms with van der Waals surface area (Å²) in [6.07, 6.45) is 8.30. The van der Waals surface area contributed by atoms with Gasteiger partial charge in [-0.25, -0.2) is 66.6 Å². The number of ketones is 3. The van der Waals surface area contributed by atoms with Crippen LogP contribution in [0.5, 0.6) is 0 Å². The average molecular weight is 1510 g/mol. The number of halogens is 6. The maximum atomic E-state index is 13.4. The largest absolute Gasteiger partial charge is 0.374 e. The van der Waals surface area contributed by atoms with Crippen LogP contribution in [0.3, 0.4) is 0 Å². The summed E-state index contributed by atoms with van der Waals surface area (Å²) >= 11 is 0. The first kappa shape index (κ1) is 75.1. The lowest BCUT2D eigenvalue weighted by atomic mass is 10.0. The minimum Gasteiger partial charge on any atom is -0.374 e. The molecule has 9 aliphatic rings. The first-order valence-corrected chi connectivity index (χ1v) is 41.2. The second-order valence-electron chi connectivity index (χ2n) is 28.4. The van der Waals surface area contributed by atoms with Gasteiger partial charge in [0.1, 0.15) is 34.4 Å². The second-order valence-corrected chi connectivity index (χ2v) is 34.3. The molecule has 0 radical (unpaired) electrons. The minimum absolute atomic E-state index is 0.0423. The van der Waals surface area contributed by atoms with Gasteiger partial charge in [0, 0.05) is 94.9 Å². The Hall–Kier alpha value is -8.16. The smallest absolute Gasteiger partial charge is 0.277 e. The van der Waals surface area contributed by atoms with Gasteiger partial charge in [0.15, 0.2) is 29.5 Å². The number of hydrogen-bond acceptors (Lipinski definition) is 21. The van der Waals surface area contributed by atoms with Crippen molar-refractivity contribution >= 4 is 115 Å². The van der Waals surface area contributed by atoms with E-state index >= 15 is 0 Å². The number of benzene rings is 3. The Morgan fingerprint density at radius 2 is 0.657 bits per heavy atom. The Morgan fingerprint density at radius 3 is 0.876 bits per heavy atom. The maximum Gasteiger partial charge on any atom is 0.277 e. The molecule has 6 aliphatic heterocycles. The zero-order chi connectivity index (χ0) is 74.2. The Balaban J connectivity index is 0.000000140. The summed E-state index contributed by atoms with van der Waals surface area (Å²) in [5.41, 5.74) is 6.66. The van der Waals surface area contributed by atoms with Gasteiger partial charge < -0.3 is 30.2 Å². The van der Waals surface area contributed by atoms with Gasteiger partial charge in [-0.3, -0.25) is 29.3 Å².